The second-order valence-electron chi connectivity index (χ2n) is 8.15. The van der Waals surface area contributed by atoms with E-state index >= 15 is 0 Å². The molecule has 0 spiro atoms. The van der Waals surface area contributed by atoms with E-state index in [0.29, 0.717) is 22.7 Å². The van der Waals surface area contributed by atoms with Gasteiger partial charge in [-0.3, -0.25) is 14.4 Å². The fourth-order valence-corrected chi connectivity index (χ4v) is 6.40. The maximum Gasteiger partial charge on any atom is 0.307 e. The molecule has 2 amide bonds. The van der Waals surface area contributed by atoms with Crippen LogP contribution in [0.5, 0.6) is 0 Å². The van der Waals surface area contributed by atoms with E-state index in [4.69, 9.17) is 4.42 Å². The first-order valence-corrected chi connectivity index (χ1v) is 11.0. The van der Waals surface area contributed by atoms with E-state index in [2.05, 4.69) is 10.6 Å². The van der Waals surface area contributed by atoms with Gasteiger partial charge in [-0.15, -0.1) is 11.3 Å². The van der Waals surface area contributed by atoms with Crippen LogP contribution < -0.4 is 10.6 Å². The molecule has 0 aromatic carbocycles. The lowest BCUT2D eigenvalue weighted by molar-refractivity contribution is -0.146. The quantitative estimate of drug-likeness (QED) is 0.615. The lowest BCUT2D eigenvalue weighted by Gasteiger charge is -2.23. The number of nitrogens with one attached hydrogen (secondary N) is 2. The van der Waals surface area contributed by atoms with E-state index in [0.717, 1.165) is 29.7 Å². The van der Waals surface area contributed by atoms with Crippen molar-refractivity contribution in [1.82, 2.24) is 5.32 Å². The molecule has 2 aromatic rings. The van der Waals surface area contributed by atoms with E-state index in [-0.39, 0.29) is 30.2 Å². The van der Waals surface area contributed by atoms with Gasteiger partial charge in [0.25, 0.3) is 5.91 Å². The molecule has 2 aromatic heterocycles. The van der Waals surface area contributed by atoms with Gasteiger partial charge in [0.1, 0.15) is 10.8 Å². The number of carboxylic acids is 1. The maximum absolute atomic E-state index is 13.1. The fourth-order valence-electron chi connectivity index (χ4n) is 5.11. The average Bonchev–Trinajstić information content (AvgIpc) is 3.51. The first-order chi connectivity index (χ1) is 14.5. The molecule has 2 bridgehead atoms. The number of amides is 2. The van der Waals surface area contributed by atoms with Crippen molar-refractivity contribution in [2.45, 2.75) is 32.2 Å². The zero-order valence-corrected chi connectivity index (χ0v) is 17.0. The number of carbonyl (C=O) groups is 3. The van der Waals surface area contributed by atoms with Crippen LogP contribution in [0.25, 0.3) is 0 Å². The molecule has 30 heavy (non-hydrogen) atoms. The number of furan rings is 1. The molecule has 0 radical (unpaired) electrons. The third-order valence-corrected chi connectivity index (χ3v) is 7.64. The Bertz CT molecular complexity index is 1040. The Hall–Kier alpha value is -2.87. The molecule has 3 aliphatic carbocycles. The highest BCUT2D eigenvalue weighted by Gasteiger charge is 2.51. The molecule has 3 N–H and O–H groups in total. The number of aliphatic carboxylic acids is 1. The van der Waals surface area contributed by atoms with Gasteiger partial charge in [0, 0.05) is 4.88 Å². The van der Waals surface area contributed by atoms with Crippen LogP contribution in [0.15, 0.2) is 35.0 Å². The van der Waals surface area contributed by atoms with Crippen LogP contribution >= 0.6 is 11.3 Å². The second-order valence-corrected chi connectivity index (χ2v) is 9.26. The van der Waals surface area contributed by atoms with Crippen LogP contribution in [0.1, 0.15) is 39.4 Å². The molecule has 2 heterocycles. The molecule has 156 valence electrons. The van der Waals surface area contributed by atoms with E-state index < -0.39 is 17.8 Å². The number of hydrogen-bond donors (Lipinski definition) is 3. The number of carboxylic acid groups (broad SMARTS) is 1. The average molecular weight is 426 g/mol. The van der Waals surface area contributed by atoms with Crippen LogP contribution in [0.3, 0.4) is 0 Å². The molecule has 0 saturated heterocycles. The Labute approximate surface area is 177 Å². The Morgan fingerprint density at radius 1 is 1.17 bits per heavy atom. The SMILES string of the molecule is O=C(NCc1ccco1)c1c(NC(=O)[C@H]2[C@@H](C(=O)O)[C@H]3C=C[C@@H]2C3)sc2c1CCC2. The van der Waals surface area contributed by atoms with Crippen molar-refractivity contribution in [2.75, 3.05) is 5.32 Å². The minimum absolute atomic E-state index is 0.0564. The largest absolute Gasteiger partial charge is 0.481 e. The summed E-state index contributed by atoms with van der Waals surface area (Å²) in [4.78, 5) is 39.0. The Kier molecular flexibility index (Phi) is 4.73. The monoisotopic (exact) mass is 426 g/mol. The van der Waals surface area contributed by atoms with Crippen molar-refractivity contribution in [3.63, 3.8) is 0 Å². The third kappa shape index (κ3) is 3.15. The molecule has 3 aliphatic rings. The van der Waals surface area contributed by atoms with Crippen LogP contribution in [0, 0.1) is 23.7 Å². The second kappa shape index (κ2) is 7.43. The number of fused-ring (bicyclic) bond motifs is 3. The van der Waals surface area contributed by atoms with Gasteiger partial charge in [-0.25, -0.2) is 0 Å². The molecule has 1 fully saturated rings. The Morgan fingerprint density at radius 3 is 2.70 bits per heavy atom. The first-order valence-electron chi connectivity index (χ1n) is 10.2. The minimum Gasteiger partial charge on any atom is -0.481 e. The third-order valence-electron chi connectivity index (χ3n) is 6.44. The zero-order chi connectivity index (χ0) is 20.8. The van der Waals surface area contributed by atoms with E-state index in [1.54, 1.807) is 18.4 Å². The summed E-state index contributed by atoms with van der Waals surface area (Å²) in [6.45, 7) is 0.266. The van der Waals surface area contributed by atoms with Gasteiger partial charge < -0.3 is 20.2 Å². The first kappa shape index (κ1) is 19.1. The zero-order valence-electron chi connectivity index (χ0n) is 16.2. The van der Waals surface area contributed by atoms with Crippen molar-refractivity contribution >= 4 is 34.1 Å². The minimum atomic E-state index is -0.933. The Balaban J connectivity index is 1.38. The predicted octanol–water partition coefficient (Wildman–Crippen LogP) is 3.22. The molecule has 7 nitrogen and oxygen atoms in total. The van der Waals surface area contributed by atoms with Crippen molar-refractivity contribution in [1.29, 1.82) is 0 Å². The summed E-state index contributed by atoms with van der Waals surface area (Å²) in [7, 11) is 0. The van der Waals surface area contributed by atoms with E-state index in [1.165, 1.54) is 11.3 Å². The molecule has 4 atom stereocenters. The standard InChI is InChI=1S/C22H22N2O5S/c25-19(23-10-13-3-2-8-29-13)18-14-4-1-5-15(14)30-21(18)24-20(26)16-11-6-7-12(9-11)17(16)22(27)28/h2-3,6-8,11-12,16-17H,1,4-5,9-10H2,(H,23,25)(H,24,26)(H,27,28)/t11-,12+,16-,17+/m1/s1. The summed E-state index contributed by atoms with van der Waals surface area (Å²) in [5.41, 5.74) is 1.51. The van der Waals surface area contributed by atoms with Crippen molar-refractivity contribution < 1.29 is 23.9 Å². The van der Waals surface area contributed by atoms with Crippen LogP contribution in [-0.2, 0) is 29.0 Å². The van der Waals surface area contributed by atoms with Gasteiger partial charge in [-0.1, -0.05) is 12.2 Å². The van der Waals surface area contributed by atoms with Crippen LogP contribution in [0.2, 0.25) is 0 Å². The topological polar surface area (TPSA) is 109 Å². The summed E-state index contributed by atoms with van der Waals surface area (Å²) < 4.78 is 5.27. The van der Waals surface area contributed by atoms with Crippen molar-refractivity contribution in [3.05, 3.63) is 52.3 Å². The van der Waals surface area contributed by atoms with Crippen LogP contribution in [0.4, 0.5) is 5.00 Å². The number of aryl methyl sites for hydroxylation is 1. The highest BCUT2D eigenvalue weighted by atomic mass is 32.1. The number of hydrogen-bond acceptors (Lipinski definition) is 5. The fraction of sp³-hybridized carbons (Fsp3) is 0.409. The summed E-state index contributed by atoms with van der Waals surface area (Å²) in [6.07, 6.45) is 8.82. The number of anilines is 1. The summed E-state index contributed by atoms with van der Waals surface area (Å²) >= 11 is 1.44. The molecular weight excluding hydrogens is 404 g/mol. The number of thiophene rings is 1. The van der Waals surface area contributed by atoms with Crippen molar-refractivity contribution in [2.24, 2.45) is 23.7 Å². The number of allylic oxidation sites excluding steroid dienone is 2. The van der Waals surface area contributed by atoms with E-state index in [1.807, 2.05) is 12.2 Å². The number of rotatable bonds is 6. The molecule has 0 unspecified atom stereocenters. The van der Waals surface area contributed by atoms with Crippen molar-refractivity contribution in [3.8, 4) is 0 Å². The molecular formula is C22H22N2O5S. The highest BCUT2D eigenvalue weighted by Crippen LogP contribution is 2.49. The number of carbonyl (C=O) groups excluding carboxylic acids is 2. The van der Waals surface area contributed by atoms with E-state index in [9.17, 15) is 19.5 Å². The van der Waals surface area contributed by atoms with Gasteiger partial charge in [0.05, 0.1) is 30.2 Å². The molecule has 8 heteroatoms. The molecule has 0 aliphatic heterocycles. The smallest absolute Gasteiger partial charge is 0.307 e. The summed E-state index contributed by atoms with van der Waals surface area (Å²) in [5.74, 6) is -2.29. The van der Waals surface area contributed by atoms with Crippen LogP contribution in [-0.4, -0.2) is 22.9 Å². The molecule has 5 rings (SSSR count). The van der Waals surface area contributed by atoms with Gasteiger partial charge in [0.2, 0.25) is 5.91 Å². The predicted molar refractivity (Wildman–Crippen MR) is 110 cm³/mol. The van der Waals surface area contributed by atoms with Gasteiger partial charge in [-0.05, 0) is 55.2 Å². The van der Waals surface area contributed by atoms with Gasteiger partial charge in [0.15, 0.2) is 0 Å². The lowest BCUT2D eigenvalue weighted by atomic mass is 9.82. The normalized spacial score (nSPS) is 26.0. The molecule has 1 saturated carbocycles. The maximum atomic E-state index is 13.1. The highest BCUT2D eigenvalue weighted by molar-refractivity contribution is 7.17. The lowest BCUT2D eigenvalue weighted by Crippen LogP contribution is -2.36. The Morgan fingerprint density at radius 2 is 1.97 bits per heavy atom. The van der Waals surface area contributed by atoms with Gasteiger partial charge in [-0.2, -0.15) is 0 Å². The summed E-state index contributed by atoms with van der Waals surface area (Å²) in [6, 6.07) is 3.55. The van der Waals surface area contributed by atoms with Gasteiger partial charge >= 0.3 is 5.97 Å². The summed E-state index contributed by atoms with van der Waals surface area (Å²) in [5, 5.41) is 16.0.